The Morgan fingerprint density at radius 1 is 0.727 bits per heavy atom. The van der Waals surface area contributed by atoms with E-state index in [9.17, 15) is 40.7 Å². The Morgan fingerprint density at radius 3 is 1.18 bits per heavy atom. The maximum atomic E-state index is 12.3. The van der Waals surface area contributed by atoms with E-state index in [1.807, 2.05) is 0 Å². The first kappa shape index (κ1) is 20.8. The Bertz CT molecular complexity index is 402. The van der Waals surface area contributed by atoms with E-state index in [1.165, 1.54) is 0 Å². The topological polar surface area (TPSA) is 57.7 Å². The number of urea groups is 1. The van der Waals surface area contributed by atoms with Gasteiger partial charge in [0.2, 0.25) is 0 Å². The minimum Gasteiger partial charge on any atom is -0.264 e. The highest BCUT2D eigenvalue weighted by atomic mass is 35.5. The van der Waals surface area contributed by atoms with Gasteiger partial charge >= 0.3 is 30.2 Å². The van der Waals surface area contributed by atoms with Gasteiger partial charge in [0.15, 0.2) is 0 Å². The van der Waals surface area contributed by atoms with Gasteiger partial charge in [-0.2, -0.15) is 26.3 Å². The maximum Gasteiger partial charge on any atom is 0.471 e. The first-order valence-electron chi connectivity index (χ1n) is 5.31. The second-order valence-electron chi connectivity index (χ2n) is 3.57. The molecule has 0 radical (unpaired) electrons. The van der Waals surface area contributed by atoms with Crippen molar-refractivity contribution in [1.29, 1.82) is 0 Å². The number of nitrogens with zero attached hydrogens (tertiary/aromatic N) is 2. The maximum absolute atomic E-state index is 12.3. The molecule has 0 N–H and O–H groups in total. The average Bonchev–Trinajstić information content (AvgIpc) is 2.37. The Labute approximate surface area is 129 Å². The normalized spacial score (nSPS) is 12.0. The Kier molecular flexibility index (Phi) is 7.42. The van der Waals surface area contributed by atoms with Gasteiger partial charge in [0.25, 0.3) is 0 Å². The lowest BCUT2D eigenvalue weighted by atomic mass is 10.4. The summed E-state index contributed by atoms with van der Waals surface area (Å²) in [5, 5.41) is 0. The molecule has 0 fully saturated rings. The van der Waals surface area contributed by atoms with Crippen molar-refractivity contribution >= 4 is 41.0 Å². The highest BCUT2D eigenvalue weighted by Gasteiger charge is 2.50. The standard InChI is InChI=1S/C9H8Cl2F6N2O3/c10-1-3-18(5(20)8(12,13)14)7(22)19(4-2-11)6(21)9(15,16)17/h1-4H2. The molecule has 0 bridgehead atoms. The Balaban J connectivity index is 5.56. The van der Waals surface area contributed by atoms with E-state index < -0.39 is 64.8 Å². The molecule has 0 aliphatic heterocycles. The van der Waals surface area contributed by atoms with Crippen molar-refractivity contribution in [2.75, 3.05) is 24.8 Å². The zero-order valence-electron chi connectivity index (χ0n) is 10.5. The molecular weight excluding hydrogens is 369 g/mol. The van der Waals surface area contributed by atoms with Gasteiger partial charge < -0.3 is 0 Å². The van der Waals surface area contributed by atoms with Crippen LogP contribution in [-0.2, 0) is 9.59 Å². The zero-order valence-corrected chi connectivity index (χ0v) is 12.0. The van der Waals surface area contributed by atoms with Gasteiger partial charge in [0.1, 0.15) is 0 Å². The van der Waals surface area contributed by atoms with Crippen LogP contribution in [0.4, 0.5) is 31.1 Å². The molecule has 0 aliphatic rings. The summed E-state index contributed by atoms with van der Waals surface area (Å²) < 4.78 is 74.0. The molecule has 4 amide bonds. The summed E-state index contributed by atoms with van der Waals surface area (Å²) in [5.41, 5.74) is 0. The predicted octanol–water partition coefficient (Wildman–Crippen LogP) is 2.37. The van der Waals surface area contributed by atoms with Gasteiger partial charge in [-0.05, 0) is 0 Å². The van der Waals surface area contributed by atoms with E-state index in [0.29, 0.717) is 0 Å². The fraction of sp³-hybridized carbons (Fsp3) is 0.667. The number of hydrogen-bond acceptors (Lipinski definition) is 3. The average molecular weight is 377 g/mol. The monoisotopic (exact) mass is 376 g/mol. The fourth-order valence-corrected chi connectivity index (χ4v) is 1.53. The highest BCUT2D eigenvalue weighted by molar-refractivity contribution is 6.19. The summed E-state index contributed by atoms with van der Waals surface area (Å²) in [5.74, 6) is -6.84. The van der Waals surface area contributed by atoms with Crippen LogP contribution in [0.25, 0.3) is 0 Å². The smallest absolute Gasteiger partial charge is 0.264 e. The lowest BCUT2D eigenvalue weighted by molar-refractivity contribution is -0.186. The molecule has 0 saturated heterocycles. The fourth-order valence-electron chi connectivity index (χ4n) is 1.19. The number of hydrogen-bond donors (Lipinski definition) is 0. The first-order chi connectivity index (χ1) is 9.87. The molecule has 13 heteroatoms. The van der Waals surface area contributed by atoms with Gasteiger partial charge in [0.05, 0.1) is 0 Å². The molecule has 0 aliphatic carbocycles. The van der Waals surface area contributed by atoms with Crippen LogP contribution in [-0.4, -0.2) is 64.8 Å². The quantitative estimate of drug-likeness (QED) is 0.559. The van der Waals surface area contributed by atoms with E-state index in [-0.39, 0.29) is 0 Å². The number of halogens is 8. The van der Waals surface area contributed by atoms with Crippen LogP contribution < -0.4 is 0 Å². The second kappa shape index (κ2) is 7.86. The third-order valence-electron chi connectivity index (χ3n) is 2.05. The number of imide groups is 2. The van der Waals surface area contributed by atoms with Crippen molar-refractivity contribution in [1.82, 2.24) is 9.80 Å². The minimum atomic E-state index is -5.53. The minimum absolute atomic E-state index is 0.594. The molecule has 0 aromatic heterocycles. The Hall–Kier alpha value is -1.23. The lowest BCUT2D eigenvalue weighted by Gasteiger charge is -2.28. The number of carbonyl (C=O) groups excluding carboxylic acids is 3. The van der Waals surface area contributed by atoms with Gasteiger partial charge in [-0.15, -0.1) is 23.2 Å². The van der Waals surface area contributed by atoms with Crippen LogP contribution in [0.2, 0.25) is 0 Å². The van der Waals surface area contributed by atoms with Gasteiger partial charge in [-0.3, -0.25) is 19.4 Å². The van der Waals surface area contributed by atoms with Crippen molar-refractivity contribution < 1.29 is 40.7 Å². The molecule has 0 atom stereocenters. The zero-order chi connectivity index (χ0) is 17.7. The summed E-state index contributed by atoms with van der Waals surface area (Å²) in [6.07, 6.45) is -11.1. The van der Waals surface area contributed by atoms with Crippen molar-refractivity contribution in [3.63, 3.8) is 0 Å². The SMILES string of the molecule is O=C(N(CCCl)C(=O)C(F)(F)F)N(CCCl)C(=O)C(F)(F)F. The van der Waals surface area contributed by atoms with Crippen LogP contribution in [0, 0.1) is 0 Å². The Morgan fingerprint density at radius 2 is 1.00 bits per heavy atom. The molecule has 0 spiro atoms. The van der Waals surface area contributed by atoms with Crippen LogP contribution >= 0.6 is 23.2 Å². The van der Waals surface area contributed by atoms with Crippen molar-refractivity contribution in [3.8, 4) is 0 Å². The molecule has 0 heterocycles. The van der Waals surface area contributed by atoms with Crippen molar-refractivity contribution in [3.05, 3.63) is 0 Å². The molecule has 0 aromatic carbocycles. The molecule has 5 nitrogen and oxygen atoms in total. The summed E-state index contributed by atoms with van der Waals surface area (Å²) in [6, 6.07) is -2.11. The number of alkyl halides is 8. The van der Waals surface area contributed by atoms with Crippen molar-refractivity contribution in [2.45, 2.75) is 12.4 Å². The number of amides is 4. The molecule has 0 rings (SSSR count). The number of carbonyl (C=O) groups is 3. The molecule has 0 saturated carbocycles. The van der Waals surface area contributed by atoms with Crippen LogP contribution in [0.1, 0.15) is 0 Å². The number of rotatable bonds is 4. The second-order valence-corrected chi connectivity index (χ2v) is 4.33. The van der Waals surface area contributed by atoms with Crippen LogP contribution in [0.15, 0.2) is 0 Å². The predicted molar refractivity (Wildman–Crippen MR) is 62.4 cm³/mol. The molecule has 0 unspecified atom stereocenters. The van der Waals surface area contributed by atoms with Gasteiger partial charge in [-0.1, -0.05) is 0 Å². The lowest BCUT2D eigenvalue weighted by Crippen LogP contribution is -2.55. The summed E-state index contributed by atoms with van der Waals surface area (Å²) in [6.45, 7) is -2.08. The molecular formula is C9H8Cl2F6N2O3. The largest absolute Gasteiger partial charge is 0.471 e. The van der Waals surface area contributed by atoms with Gasteiger partial charge in [-0.25, -0.2) is 4.79 Å². The van der Waals surface area contributed by atoms with E-state index in [4.69, 9.17) is 23.2 Å². The molecule has 128 valence electrons. The van der Waals surface area contributed by atoms with Crippen LogP contribution in [0.3, 0.4) is 0 Å². The molecule has 0 aromatic rings. The highest BCUT2D eigenvalue weighted by Crippen LogP contribution is 2.23. The van der Waals surface area contributed by atoms with E-state index >= 15 is 0 Å². The van der Waals surface area contributed by atoms with E-state index in [0.717, 1.165) is 0 Å². The van der Waals surface area contributed by atoms with E-state index in [1.54, 1.807) is 0 Å². The third kappa shape index (κ3) is 5.52. The van der Waals surface area contributed by atoms with Crippen LogP contribution in [0.5, 0.6) is 0 Å². The third-order valence-corrected chi connectivity index (χ3v) is 2.39. The van der Waals surface area contributed by atoms with Gasteiger partial charge in [0, 0.05) is 24.8 Å². The first-order valence-corrected chi connectivity index (χ1v) is 6.38. The molecule has 22 heavy (non-hydrogen) atoms. The summed E-state index contributed by atoms with van der Waals surface area (Å²) >= 11 is 10.2. The summed E-state index contributed by atoms with van der Waals surface area (Å²) in [4.78, 5) is 32.6. The van der Waals surface area contributed by atoms with E-state index in [2.05, 4.69) is 0 Å². The summed E-state index contributed by atoms with van der Waals surface area (Å²) in [7, 11) is 0. The van der Waals surface area contributed by atoms with Crippen molar-refractivity contribution in [2.24, 2.45) is 0 Å².